The first-order valence-electron chi connectivity index (χ1n) is 6.58. The Morgan fingerprint density at radius 1 is 1.42 bits per heavy atom. The Kier molecular flexibility index (Phi) is 2.93. The number of hydrogen-bond acceptors (Lipinski definition) is 4. The maximum Gasteiger partial charge on any atom is 0.230 e. The van der Waals surface area contributed by atoms with E-state index in [0.29, 0.717) is 5.88 Å². The van der Waals surface area contributed by atoms with Crippen molar-refractivity contribution in [3.05, 3.63) is 29.5 Å². The van der Waals surface area contributed by atoms with Crippen molar-refractivity contribution in [1.29, 1.82) is 0 Å². The van der Waals surface area contributed by atoms with Gasteiger partial charge in [-0.2, -0.15) is 0 Å². The fraction of sp³-hybridized carbons (Fsp3) is 0.400. The van der Waals surface area contributed by atoms with Gasteiger partial charge in [0.25, 0.3) is 0 Å². The van der Waals surface area contributed by atoms with Gasteiger partial charge in [0.15, 0.2) is 0 Å². The first-order valence-corrected chi connectivity index (χ1v) is 6.58. The van der Waals surface area contributed by atoms with E-state index in [0.717, 1.165) is 40.5 Å². The summed E-state index contributed by atoms with van der Waals surface area (Å²) in [7, 11) is 1.67. The summed E-state index contributed by atoms with van der Waals surface area (Å²) < 4.78 is 10.5. The lowest BCUT2D eigenvalue weighted by atomic mass is 10.0. The van der Waals surface area contributed by atoms with Gasteiger partial charge in [0.2, 0.25) is 5.88 Å². The lowest BCUT2D eigenvalue weighted by Crippen LogP contribution is -1.94. The average Bonchev–Trinajstić information content (AvgIpc) is 3.14. The van der Waals surface area contributed by atoms with E-state index in [1.165, 1.54) is 12.8 Å². The number of methoxy groups -OCH3 is 1. The largest absolute Gasteiger partial charge is 0.496 e. The molecule has 0 saturated heterocycles. The zero-order valence-corrected chi connectivity index (χ0v) is 11.3. The van der Waals surface area contributed by atoms with Crippen molar-refractivity contribution >= 4 is 5.88 Å². The van der Waals surface area contributed by atoms with Gasteiger partial charge in [-0.05, 0) is 49.3 Å². The number of aromatic nitrogens is 1. The van der Waals surface area contributed by atoms with Crippen LogP contribution in [0.1, 0.15) is 24.1 Å². The maximum atomic E-state index is 5.93. The molecule has 2 aromatic rings. The Balaban J connectivity index is 2.02. The summed E-state index contributed by atoms with van der Waals surface area (Å²) in [6, 6.07) is 6.06. The molecule has 2 N–H and O–H groups in total. The molecule has 0 spiro atoms. The quantitative estimate of drug-likeness (QED) is 0.914. The predicted octanol–water partition coefficient (Wildman–Crippen LogP) is 3.19. The number of anilines is 1. The normalized spacial score (nSPS) is 14.6. The zero-order valence-electron chi connectivity index (χ0n) is 11.3. The molecular weight excluding hydrogens is 240 g/mol. The number of nitrogens with two attached hydrogens (primary N) is 1. The second-order valence-electron chi connectivity index (χ2n) is 5.20. The summed E-state index contributed by atoms with van der Waals surface area (Å²) in [6.45, 7) is 2.02. The molecule has 4 nitrogen and oxygen atoms in total. The van der Waals surface area contributed by atoms with E-state index < -0.39 is 0 Å². The number of benzene rings is 1. The van der Waals surface area contributed by atoms with Crippen LogP contribution < -0.4 is 10.5 Å². The highest BCUT2D eigenvalue weighted by Crippen LogP contribution is 2.38. The van der Waals surface area contributed by atoms with Gasteiger partial charge in [0.1, 0.15) is 5.75 Å². The van der Waals surface area contributed by atoms with Crippen LogP contribution in [0.4, 0.5) is 5.88 Å². The molecule has 0 amide bonds. The van der Waals surface area contributed by atoms with Gasteiger partial charge < -0.3 is 15.0 Å². The third kappa shape index (κ3) is 2.30. The number of nitrogens with zero attached hydrogens (tertiary/aromatic N) is 1. The van der Waals surface area contributed by atoms with Crippen molar-refractivity contribution in [3.63, 3.8) is 0 Å². The van der Waals surface area contributed by atoms with Gasteiger partial charge >= 0.3 is 0 Å². The molecule has 1 aliphatic rings. The minimum absolute atomic E-state index is 0.390. The lowest BCUT2D eigenvalue weighted by molar-refractivity contribution is 0.412. The lowest BCUT2D eigenvalue weighted by Gasteiger charge is -2.08. The summed E-state index contributed by atoms with van der Waals surface area (Å²) in [5.41, 5.74) is 9.93. The molecule has 1 fully saturated rings. The van der Waals surface area contributed by atoms with Crippen molar-refractivity contribution in [1.82, 2.24) is 5.16 Å². The Bertz CT molecular complexity index is 600. The molecule has 4 heteroatoms. The molecule has 0 radical (unpaired) electrons. The molecule has 3 rings (SSSR count). The molecule has 1 saturated carbocycles. The van der Waals surface area contributed by atoms with Gasteiger partial charge in [-0.25, -0.2) is 0 Å². The molecule has 1 aromatic carbocycles. The highest BCUT2D eigenvalue weighted by molar-refractivity contribution is 5.76. The molecule has 0 aliphatic heterocycles. The van der Waals surface area contributed by atoms with Gasteiger partial charge in [-0.3, -0.25) is 0 Å². The van der Waals surface area contributed by atoms with Crippen LogP contribution in [0, 0.1) is 12.8 Å². The van der Waals surface area contributed by atoms with Crippen molar-refractivity contribution in [3.8, 4) is 16.9 Å². The third-order valence-corrected chi connectivity index (χ3v) is 3.66. The number of aryl methyl sites for hydroxylation is 1. The number of ether oxygens (including phenoxy) is 1. The van der Waals surface area contributed by atoms with Crippen LogP contribution in [0.5, 0.6) is 5.75 Å². The minimum Gasteiger partial charge on any atom is -0.496 e. The average molecular weight is 258 g/mol. The van der Waals surface area contributed by atoms with Crippen molar-refractivity contribution in [2.45, 2.75) is 26.2 Å². The second kappa shape index (κ2) is 4.61. The number of hydrogen-bond donors (Lipinski definition) is 1. The topological polar surface area (TPSA) is 61.3 Å². The van der Waals surface area contributed by atoms with Crippen molar-refractivity contribution < 1.29 is 9.26 Å². The molecule has 1 aromatic heterocycles. The van der Waals surface area contributed by atoms with E-state index in [2.05, 4.69) is 5.16 Å². The highest BCUT2D eigenvalue weighted by atomic mass is 16.5. The molecule has 1 heterocycles. The van der Waals surface area contributed by atoms with Gasteiger partial charge in [-0.1, -0.05) is 17.3 Å². The summed E-state index contributed by atoms with van der Waals surface area (Å²) in [5, 5.41) is 4.11. The van der Waals surface area contributed by atoms with E-state index in [1.807, 2.05) is 25.1 Å². The van der Waals surface area contributed by atoms with E-state index in [-0.39, 0.29) is 0 Å². The van der Waals surface area contributed by atoms with Crippen molar-refractivity contribution in [2.75, 3.05) is 12.8 Å². The number of nitrogen functional groups attached to an aromatic ring is 1. The second-order valence-corrected chi connectivity index (χ2v) is 5.20. The van der Waals surface area contributed by atoms with E-state index in [1.54, 1.807) is 7.11 Å². The molecule has 19 heavy (non-hydrogen) atoms. The SMILES string of the molecule is COc1cc(-c2c(CC3CC3)noc2N)ccc1C. The maximum absolute atomic E-state index is 5.93. The monoisotopic (exact) mass is 258 g/mol. The minimum atomic E-state index is 0.390. The van der Waals surface area contributed by atoms with E-state index in [4.69, 9.17) is 15.0 Å². The Morgan fingerprint density at radius 2 is 2.21 bits per heavy atom. The molecule has 0 atom stereocenters. The molecule has 100 valence electrons. The van der Waals surface area contributed by atoms with Crippen molar-refractivity contribution in [2.24, 2.45) is 5.92 Å². The molecular formula is C15H18N2O2. The predicted molar refractivity (Wildman–Crippen MR) is 74.1 cm³/mol. The van der Waals surface area contributed by atoms with Crippen LogP contribution in [0.2, 0.25) is 0 Å². The van der Waals surface area contributed by atoms with E-state index >= 15 is 0 Å². The van der Waals surface area contributed by atoms with Crippen LogP contribution in [-0.4, -0.2) is 12.3 Å². The highest BCUT2D eigenvalue weighted by Gasteiger charge is 2.26. The fourth-order valence-electron chi connectivity index (χ4n) is 2.36. The molecule has 0 unspecified atom stereocenters. The Labute approximate surface area is 112 Å². The first kappa shape index (κ1) is 12.1. The van der Waals surface area contributed by atoms with Crippen LogP contribution in [0.15, 0.2) is 22.7 Å². The summed E-state index contributed by atoms with van der Waals surface area (Å²) >= 11 is 0. The molecule has 1 aliphatic carbocycles. The van der Waals surface area contributed by atoms with E-state index in [9.17, 15) is 0 Å². The summed E-state index contributed by atoms with van der Waals surface area (Å²) in [4.78, 5) is 0. The molecule has 0 bridgehead atoms. The van der Waals surface area contributed by atoms with Crippen LogP contribution >= 0.6 is 0 Å². The number of rotatable bonds is 4. The third-order valence-electron chi connectivity index (χ3n) is 3.66. The standard InChI is InChI=1S/C15H18N2O2/c1-9-3-6-11(8-13(9)18-2)14-12(7-10-4-5-10)17-19-15(14)16/h3,6,8,10H,4-5,7,16H2,1-2H3. The van der Waals surface area contributed by atoms with Crippen LogP contribution in [0.3, 0.4) is 0 Å². The van der Waals surface area contributed by atoms with Crippen LogP contribution in [-0.2, 0) is 6.42 Å². The first-order chi connectivity index (χ1) is 9.19. The zero-order chi connectivity index (χ0) is 13.4. The van der Waals surface area contributed by atoms with Gasteiger partial charge in [0.05, 0.1) is 18.4 Å². The van der Waals surface area contributed by atoms with Gasteiger partial charge in [-0.15, -0.1) is 0 Å². The Morgan fingerprint density at radius 3 is 2.89 bits per heavy atom. The fourth-order valence-corrected chi connectivity index (χ4v) is 2.36. The van der Waals surface area contributed by atoms with Gasteiger partial charge in [0, 0.05) is 0 Å². The summed E-state index contributed by atoms with van der Waals surface area (Å²) in [6.07, 6.45) is 3.51. The van der Waals surface area contributed by atoms with Crippen LogP contribution in [0.25, 0.3) is 11.1 Å². The summed E-state index contributed by atoms with van der Waals surface area (Å²) in [5.74, 6) is 1.99. The smallest absolute Gasteiger partial charge is 0.230 e. The Hall–Kier alpha value is -1.97.